The third kappa shape index (κ3) is 4.53. The molecule has 15 heavy (non-hydrogen) atoms. The van der Waals surface area contributed by atoms with Gasteiger partial charge in [-0.05, 0) is 42.4 Å². The summed E-state index contributed by atoms with van der Waals surface area (Å²) in [6.45, 7) is 8.36. The van der Waals surface area contributed by atoms with Crippen molar-refractivity contribution in [2.45, 2.75) is 33.1 Å². The average Bonchev–Trinajstić information content (AvgIpc) is 2.17. The molecule has 0 bridgehead atoms. The molecule has 0 fully saturated rings. The molecule has 0 atom stereocenters. The molecule has 1 aromatic carbocycles. The van der Waals surface area contributed by atoms with E-state index in [1.807, 2.05) is 18.2 Å². The number of allylic oxidation sites excluding steroid dienone is 1. The van der Waals surface area contributed by atoms with Crippen LogP contribution in [0.3, 0.4) is 0 Å². The predicted octanol–water partition coefficient (Wildman–Crippen LogP) is 4.87. The zero-order valence-electron chi connectivity index (χ0n) is 9.59. The van der Waals surface area contributed by atoms with Crippen LogP contribution < -0.4 is 0 Å². The summed E-state index contributed by atoms with van der Waals surface area (Å²) in [5, 5.41) is 0.809. The van der Waals surface area contributed by atoms with Crippen LogP contribution in [-0.4, -0.2) is 0 Å². The lowest BCUT2D eigenvalue weighted by Gasteiger charge is -2.22. The van der Waals surface area contributed by atoms with Gasteiger partial charge in [0.1, 0.15) is 0 Å². The fourth-order valence-corrected chi connectivity index (χ4v) is 1.75. The molecule has 0 N–H and O–H groups in total. The van der Waals surface area contributed by atoms with Crippen molar-refractivity contribution in [3.63, 3.8) is 0 Å². The fourth-order valence-electron chi connectivity index (χ4n) is 1.63. The Morgan fingerprint density at radius 2 is 1.87 bits per heavy atom. The van der Waals surface area contributed by atoms with Crippen LogP contribution in [0, 0.1) is 5.41 Å². The van der Waals surface area contributed by atoms with Gasteiger partial charge in [0.25, 0.3) is 0 Å². The summed E-state index contributed by atoms with van der Waals surface area (Å²) in [4.78, 5) is 0. The van der Waals surface area contributed by atoms with Crippen molar-refractivity contribution in [2.75, 3.05) is 0 Å². The Hall–Kier alpha value is -0.750. The highest BCUT2D eigenvalue weighted by Gasteiger charge is 2.15. The Morgan fingerprint density at radius 3 is 2.40 bits per heavy atom. The van der Waals surface area contributed by atoms with Gasteiger partial charge in [-0.25, -0.2) is 0 Å². The molecule has 0 nitrogen and oxygen atoms in total. The van der Waals surface area contributed by atoms with Gasteiger partial charge >= 0.3 is 0 Å². The molecule has 0 amide bonds. The van der Waals surface area contributed by atoms with Gasteiger partial charge in [0.2, 0.25) is 0 Å². The second kappa shape index (κ2) is 5.37. The molecule has 1 heteroatoms. The highest BCUT2D eigenvalue weighted by molar-refractivity contribution is 6.30. The average molecular weight is 223 g/mol. The second-order valence-electron chi connectivity index (χ2n) is 4.78. The smallest absolute Gasteiger partial charge is 0.0406 e. The first-order chi connectivity index (χ1) is 7.03. The van der Waals surface area contributed by atoms with Crippen LogP contribution in [0.25, 0.3) is 0 Å². The third-order valence-corrected chi connectivity index (χ3v) is 2.95. The molecule has 0 aliphatic heterocycles. The minimum absolute atomic E-state index is 0.349. The number of hydrogen-bond acceptors (Lipinski definition) is 0. The summed E-state index contributed by atoms with van der Waals surface area (Å²) < 4.78 is 0. The lowest BCUT2D eigenvalue weighted by Crippen LogP contribution is -2.11. The number of rotatable bonds is 5. The van der Waals surface area contributed by atoms with Crippen LogP contribution >= 0.6 is 11.6 Å². The highest BCUT2D eigenvalue weighted by atomic mass is 35.5. The molecule has 0 saturated carbocycles. The second-order valence-corrected chi connectivity index (χ2v) is 5.22. The molecule has 82 valence electrons. The van der Waals surface area contributed by atoms with E-state index in [0.29, 0.717) is 5.41 Å². The first kappa shape index (κ1) is 12.3. The summed E-state index contributed by atoms with van der Waals surface area (Å²) in [7, 11) is 0. The molecule has 0 aromatic heterocycles. The summed E-state index contributed by atoms with van der Waals surface area (Å²) >= 11 is 5.84. The van der Waals surface area contributed by atoms with E-state index in [1.54, 1.807) is 0 Å². The monoisotopic (exact) mass is 222 g/mol. The molecular weight excluding hydrogens is 204 g/mol. The first-order valence-corrected chi connectivity index (χ1v) is 5.77. The zero-order valence-corrected chi connectivity index (χ0v) is 10.3. The van der Waals surface area contributed by atoms with E-state index in [9.17, 15) is 0 Å². The maximum Gasteiger partial charge on any atom is 0.0406 e. The van der Waals surface area contributed by atoms with Gasteiger partial charge in [0.15, 0.2) is 0 Å². The van der Waals surface area contributed by atoms with Crippen LogP contribution in [0.15, 0.2) is 36.9 Å². The molecular formula is C14H19Cl. The lowest BCUT2D eigenvalue weighted by molar-refractivity contribution is 0.340. The Balaban J connectivity index is 2.49. The number of benzene rings is 1. The fraction of sp³-hybridized carbons (Fsp3) is 0.429. The van der Waals surface area contributed by atoms with Gasteiger partial charge < -0.3 is 0 Å². The Labute approximate surface area is 98.0 Å². The van der Waals surface area contributed by atoms with Crippen LogP contribution in [0.1, 0.15) is 32.3 Å². The van der Waals surface area contributed by atoms with Gasteiger partial charge in [0, 0.05) is 5.02 Å². The molecule has 0 aliphatic rings. The van der Waals surface area contributed by atoms with Crippen LogP contribution in [0.5, 0.6) is 0 Å². The minimum Gasteiger partial charge on any atom is -0.103 e. The topological polar surface area (TPSA) is 0 Å². The molecule has 0 unspecified atom stereocenters. The zero-order chi connectivity index (χ0) is 11.3. The van der Waals surface area contributed by atoms with Crippen molar-refractivity contribution >= 4 is 11.6 Å². The van der Waals surface area contributed by atoms with E-state index in [0.717, 1.165) is 17.9 Å². The largest absolute Gasteiger partial charge is 0.103 e. The maximum atomic E-state index is 5.84. The van der Waals surface area contributed by atoms with Crippen LogP contribution in [0.2, 0.25) is 5.02 Å². The Kier molecular flexibility index (Phi) is 4.41. The third-order valence-electron chi connectivity index (χ3n) is 2.70. The van der Waals surface area contributed by atoms with E-state index >= 15 is 0 Å². The minimum atomic E-state index is 0.349. The van der Waals surface area contributed by atoms with E-state index in [1.165, 1.54) is 12.0 Å². The summed E-state index contributed by atoms with van der Waals surface area (Å²) in [5.74, 6) is 0. The SMILES string of the molecule is C=CCC(C)(C)CCc1ccc(Cl)cc1. The molecule has 0 radical (unpaired) electrons. The summed E-state index contributed by atoms with van der Waals surface area (Å²) in [5.41, 5.74) is 1.71. The Bertz CT molecular complexity index is 309. The van der Waals surface area contributed by atoms with E-state index < -0.39 is 0 Å². The number of aryl methyl sites for hydroxylation is 1. The predicted molar refractivity (Wildman–Crippen MR) is 68.4 cm³/mol. The van der Waals surface area contributed by atoms with Gasteiger partial charge in [-0.1, -0.05) is 43.7 Å². The van der Waals surface area contributed by atoms with Crippen molar-refractivity contribution in [2.24, 2.45) is 5.41 Å². The standard InChI is InChI=1S/C14H19Cl/c1-4-10-14(2,3)11-9-12-5-7-13(15)8-6-12/h4-8H,1,9-11H2,2-3H3. The summed E-state index contributed by atoms with van der Waals surface area (Å²) in [6.07, 6.45) is 5.36. The molecule has 1 rings (SSSR count). The summed E-state index contributed by atoms with van der Waals surface area (Å²) in [6, 6.07) is 8.12. The van der Waals surface area contributed by atoms with Crippen molar-refractivity contribution in [3.05, 3.63) is 47.5 Å². The van der Waals surface area contributed by atoms with Crippen LogP contribution in [0.4, 0.5) is 0 Å². The van der Waals surface area contributed by atoms with Gasteiger partial charge in [-0.15, -0.1) is 6.58 Å². The van der Waals surface area contributed by atoms with Crippen molar-refractivity contribution in [3.8, 4) is 0 Å². The lowest BCUT2D eigenvalue weighted by atomic mass is 9.83. The number of halogens is 1. The van der Waals surface area contributed by atoms with E-state index in [4.69, 9.17) is 11.6 Å². The molecule has 0 spiro atoms. The van der Waals surface area contributed by atoms with Gasteiger partial charge in [0.05, 0.1) is 0 Å². The Morgan fingerprint density at radius 1 is 1.27 bits per heavy atom. The van der Waals surface area contributed by atoms with Gasteiger partial charge in [-0.3, -0.25) is 0 Å². The molecule has 0 aliphatic carbocycles. The quantitative estimate of drug-likeness (QED) is 0.624. The van der Waals surface area contributed by atoms with Crippen molar-refractivity contribution in [1.82, 2.24) is 0 Å². The molecule has 0 saturated heterocycles. The maximum absolute atomic E-state index is 5.84. The van der Waals surface area contributed by atoms with Gasteiger partial charge in [-0.2, -0.15) is 0 Å². The van der Waals surface area contributed by atoms with E-state index in [-0.39, 0.29) is 0 Å². The first-order valence-electron chi connectivity index (χ1n) is 5.39. The van der Waals surface area contributed by atoms with E-state index in [2.05, 4.69) is 32.6 Å². The molecule has 0 heterocycles. The van der Waals surface area contributed by atoms with Crippen molar-refractivity contribution < 1.29 is 0 Å². The molecule has 1 aromatic rings. The highest BCUT2D eigenvalue weighted by Crippen LogP contribution is 2.27. The number of hydrogen-bond donors (Lipinski definition) is 0. The van der Waals surface area contributed by atoms with Crippen LogP contribution in [-0.2, 0) is 6.42 Å². The normalized spacial score (nSPS) is 11.4. The van der Waals surface area contributed by atoms with Crippen molar-refractivity contribution in [1.29, 1.82) is 0 Å².